The van der Waals surface area contributed by atoms with Crippen molar-refractivity contribution >= 4 is 38.8 Å². The summed E-state index contributed by atoms with van der Waals surface area (Å²) >= 11 is 2.92. The number of anilines is 2. The van der Waals surface area contributed by atoms with Gasteiger partial charge < -0.3 is 10.6 Å². The van der Waals surface area contributed by atoms with Crippen LogP contribution in [0.15, 0.2) is 36.5 Å². The van der Waals surface area contributed by atoms with Crippen LogP contribution in [0.1, 0.15) is 33.4 Å². The third kappa shape index (κ3) is 4.56. The summed E-state index contributed by atoms with van der Waals surface area (Å²) in [6.45, 7) is 10.3. The zero-order chi connectivity index (χ0) is 22.9. The number of hydrogen-bond acceptors (Lipinski definition) is 8. The van der Waals surface area contributed by atoms with Crippen LogP contribution in [-0.4, -0.2) is 37.4 Å². The summed E-state index contributed by atoms with van der Waals surface area (Å²) in [5.74, 6) is -0.0755. The Hall–Kier alpha value is -3.11. The van der Waals surface area contributed by atoms with Crippen molar-refractivity contribution in [3.63, 3.8) is 0 Å². The van der Waals surface area contributed by atoms with E-state index in [0.29, 0.717) is 5.13 Å². The fourth-order valence-corrected chi connectivity index (χ4v) is 4.88. The van der Waals surface area contributed by atoms with Gasteiger partial charge in [-0.2, -0.15) is 0 Å². The Morgan fingerprint density at radius 3 is 2.53 bits per heavy atom. The molecule has 0 aliphatic rings. The molecule has 0 saturated heterocycles. The summed E-state index contributed by atoms with van der Waals surface area (Å²) in [4.78, 5) is 22.7. The number of amides is 1. The van der Waals surface area contributed by atoms with Crippen LogP contribution in [0.4, 0.5) is 10.3 Å². The predicted octanol–water partition coefficient (Wildman–Crippen LogP) is 5.24. The zero-order valence-electron chi connectivity index (χ0n) is 18.6. The lowest BCUT2D eigenvalue weighted by Crippen LogP contribution is -2.27. The second kappa shape index (κ2) is 8.79. The molecule has 0 aliphatic heterocycles. The van der Waals surface area contributed by atoms with Crippen molar-refractivity contribution in [1.82, 2.24) is 25.0 Å². The number of thiazole rings is 2. The lowest BCUT2D eigenvalue weighted by atomic mass is 9.96. The van der Waals surface area contributed by atoms with Gasteiger partial charge in [-0.1, -0.05) is 79.0 Å². The smallest absolute Gasteiger partial charge is 0.231 e. The molecule has 0 bridgehead atoms. The topological polar surface area (TPSA) is 97.6 Å². The van der Waals surface area contributed by atoms with E-state index in [1.807, 2.05) is 71.1 Å². The van der Waals surface area contributed by atoms with Crippen molar-refractivity contribution in [2.75, 3.05) is 17.2 Å². The molecule has 0 aliphatic carbocycles. The minimum atomic E-state index is -0.502. The Morgan fingerprint density at radius 2 is 1.84 bits per heavy atom. The van der Waals surface area contributed by atoms with E-state index in [1.165, 1.54) is 22.7 Å². The maximum Gasteiger partial charge on any atom is 0.231 e. The van der Waals surface area contributed by atoms with Gasteiger partial charge in [0.15, 0.2) is 10.3 Å². The SMILES string of the molecule is CCNc1nc(-c2sc(NC(=O)C(C)(C)C)nc2C)c(-n2cc(-c3ccccc3)nn2)s1. The summed E-state index contributed by atoms with van der Waals surface area (Å²) in [5, 5.41) is 17.1. The first-order chi connectivity index (χ1) is 15.3. The van der Waals surface area contributed by atoms with E-state index >= 15 is 0 Å². The van der Waals surface area contributed by atoms with E-state index < -0.39 is 5.41 Å². The first kappa shape index (κ1) is 22.1. The second-order valence-electron chi connectivity index (χ2n) is 8.26. The number of benzene rings is 1. The molecule has 1 amide bonds. The van der Waals surface area contributed by atoms with Crippen LogP contribution in [0, 0.1) is 12.3 Å². The van der Waals surface area contributed by atoms with Crippen molar-refractivity contribution in [3.05, 3.63) is 42.2 Å². The minimum absolute atomic E-state index is 0.0755. The van der Waals surface area contributed by atoms with Crippen molar-refractivity contribution in [1.29, 1.82) is 0 Å². The molecule has 0 saturated carbocycles. The zero-order valence-corrected chi connectivity index (χ0v) is 20.3. The lowest BCUT2D eigenvalue weighted by molar-refractivity contribution is -0.123. The average Bonchev–Trinajstić information content (AvgIpc) is 3.46. The fourth-order valence-electron chi connectivity index (χ4n) is 2.90. The molecular formula is C22H25N7OS2. The summed E-state index contributed by atoms with van der Waals surface area (Å²) in [5.41, 5.74) is 2.85. The standard InChI is InChI=1S/C22H25N7OS2/c1-6-23-20-25-16(17-13(2)24-21(31-17)26-19(30)22(3,4)5)18(32-20)29-12-15(27-28-29)14-10-8-7-9-11-14/h7-12H,6H2,1-5H3,(H,23,25)(H,24,26,30). The van der Waals surface area contributed by atoms with Gasteiger partial charge >= 0.3 is 0 Å². The van der Waals surface area contributed by atoms with Crippen LogP contribution in [0.2, 0.25) is 0 Å². The van der Waals surface area contributed by atoms with Gasteiger partial charge in [0.25, 0.3) is 0 Å². The molecular weight excluding hydrogens is 442 g/mol. The van der Waals surface area contributed by atoms with Crippen molar-refractivity contribution in [2.24, 2.45) is 5.41 Å². The molecule has 8 nitrogen and oxygen atoms in total. The number of hydrogen-bond donors (Lipinski definition) is 2. The van der Waals surface area contributed by atoms with E-state index in [-0.39, 0.29) is 5.91 Å². The summed E-state index contributed by atoms with van der Waals surface area (Å²) in [6.07, 6.45) is 1.90. The molecule has 0 unspecified atom stereocenters. The maximum absolute atomic E-state index is 12.4. The Labute approximate surface area is 194 Å². The van der Waals surface area contributed by atoms with Crippen molar-refractivity contribution < 1.29 is 4.79 Å². The fraction of sp³-hybridized carbons (Fsp3) is 0.318. The summed E-state index contributed by atoms with van der Waals surface area (Å²) in [6, 6.07) is 9.93. The highest BCUT2D eigenvalue weighted by atomic mass is 32.1. The highest BCUT2D eigenvalue weighted by Gasteiger charge is 2.25. The van der Waals surface area contributed by atoms with Gasteiger partial charge in [-0.05, 0) is 13.8 Å². The first-order valence-corrected chi connectivity index (χ1v) is 11.9. The molecule has 3 aromatic heterocycles. The van der Waals surface area contributed by atoms with Gasteiger partial charge in [0.1, 0.15) is 16.4 Å². The van der Waals surface area contributed by atoms with Gasteiger partial charge in [0.2, 0.25) is 5.91 Å². The van der Waals surface area contributed by atoms with Gasteiger partial charge in [-0.25, -0.2) is 14.6 Å². The normalized spacial score (nSPS) is 11.5. The van der Waals surface area contributed by atoms with Crippen LogP contribution < -0.4 is 10.6 Å². The Morgan fingerprint density at radius 1 is 1.09 bits per heavy atom. The molecule has 0 radical (unpaired) electrons. The predicted molar refractivity (Wildman–Crippen MR) is 131 cm³/mol. The van der Waals surface area contributed by atoms with E-state index in [1.54, 1.807) is 4.68 Å². The molecule has 32 heavy (non-hydrogen) atoms. The molecule has 0 atom stereocenters. The lowest BCUT2D eigenvalue weighted by Gasteiger charge is -2.15. The summed E-state index contributed by atoms with van der Waals surface area (Å²) in [7, 11) is 0. The van der Waals surface area contributed by atoms with Crippen molar-refractivity contribution in [3.8, 4) is 26.8 Å². The Kier molecular flexibility index (Phi) is 6.07. The van der Waals surface area contributed by atoms with Gasteiger partial charge in [-0.15, -0.1) is 5.10 Å². The van der Waals surface area contributed by atoms with E-state index in [0.717, 1.165) is 44.2 Å². The van der Waals surface area contributed by atoms with Crippen LogP contribution in [0.5, 0.6) is 0 Å². The third-order valence-corrected chi connectivity index (χ3v) is 6.70. The molecule has 0 fully saturated rings. The van der Waals surface area contributed by atoms with E-state index in [4.69, 9.17) is 4.98 Å². The molecule has 1 aromatic carbocycles. The quantitative estimate of drug-likeness (QED) is 0.402. The van der Waals surface area contributed by atoms with Gasteiger partial charge in [0, 0.05) is 17.5 Å². The number of nitrogens with zero attached hydrogens (tertiary/aromatic N) is 5. The highest BCUT2D eigenvalue weighted by Crippen LogP contribution is 2.40. The number of carbonyl (C=O) groups excluding carboxylic acids is 1. The molecule has 2 N–H and O–H groups in total. The molecule has 166 valence electrons. The Balaban J connectivity index is 1.73. The highest BCUT2D eigenvalue weighted by molar-refractivity contribution is 7.21. The first-order valence-electron chi connectivity index (χ1n) is 10.3. The van der Waals surface area contributed by atoms with Crippen LogP contribution in [-0.2, 0) is 4.79 Å². The number of aryl methyl sites for hydroxylation is 1. The van der Waals surface area contributed by atoms with Crippen molar-refractivity contribution in [2.45, 2.75) is 34.6 Å². The number of carbonyl (C=O) groups is 1. The summed E-state index contributed by atoms with van der Waals surface area (Å²) < 4.78 is 1.75. The maximum atomic E-state index is 12.4. The monoisotopic (exact) mass is 467 g/mol. The molecule has 3 heterocycles. The van der Waals surface area contributed by atoms with E-state index in [9.17, 15) is 4.79 Å². The number of nitrogens with one attached hydrogen (secondary N) is 2. The van der Waals surface area contributed by atoms with Crippen LogP contribution in [0.25, 0.3) is 26.8 Å². The third-order valence-electron chi connectivity index (χ3n) is 4.62. The Bertz CT molecular complexity index is 1230. The molecule has 4 rings (SSSR count). The molecule has 10 heteroatoms. The largest absolute Gasteiger partial charge is 0.362 e. The van der Waals surface area contributed by atoms with Crippen LogP contribution in [0.3, 0.4) is 0 Å². The molecule has 4 aromatic rings. The number of aromatic nitrogens is 5. The van der Waals surface area contributed by atoms with Crippen LogP contribution >= 0.6 is 22.7 Å². The minimum Gasteiger partial charge on any atom is -0.362 e. The molecule has 0 spiro atoms. The number of rotatable bonds is 6. The van der Waals surface area contributed by atoms with E-state index in [2.05, 4.69) is 25.9 Å². The van der Waals surface area contributed by atoms with Gasteiger partial charge in [0.05, 0.1) is 16.8 Å². The average molecular weight is 468 g/mol. The van der Waals surface area contributed by atoms with Gasteiger partial charge in [-0.3, -0.25) is 4.79 Å². The second-order valence-corrected chi connectivity index (χ2v) is 10.2.